The van der Waals surface area contributed by atoms with Crippen LogP contribution in [0.2, 0.25) is 9.36 Å². The summed E-state index contributed by atoms with van der Waals surface area (Å²) in [4.78, 5) is 0. The van der Waals surface area contributed by atoms with E-state index >= 15 is 0 Å². The first kappa shape index (κ1) is 8.35. The summed E-state index contributed by atoms with van der Waals surface area (Å²) >= 11 is 0.0833. The maximum atomic E-state index is 2.32. The Bertz CT molecular complexity index is 72.4. The summed E-state index contributed by atoms with van der Waals surface area (Å²) < 4.78 is 4.64. The molecule has 0 radical (unpaired) electrons. The minimum absolute atomic E-state index is 0.0833. The SMILES string of the molecule is C1=CCC=C1.[CH3][Hf][CH3]. The molecule has 1 rings (SSSR count). The van der Waals surface area contributed by atoms with Crippen LogP contribution in [0.15, 0.2) is 24.3 Å². The molecule has 0 saturated carbocycles. The van der Waals surface area contributed by atoms with Gasteiger partial charge >= 0.3 is 32.3 Å². The van der Waals surface area contributed by atoms with Gasteiger partial charge in [0, 0.05) is 0 Å². The molecule has 0 nitrogen and oxygen atoms in total. The van der Waals surface area contributed by atoms with Crippen LogP contribution in [0.3, 0.4) is 0 Å². The van der Waals surface area contributed by atoms with Crippen LogP contribution in [0.1, 0.15) is 6.42 Å². The second kappa shape index (κ2) is 7.35. The normalized spacial score (nSPS) is 12.8. The zero-order valence-corrected chi connectivity index (χ0v) is 9.11. The average molecular weight is 275 g/mol. The first-order valence-corrected chi connectivity index (χ1v) is 10.0. The van der Waals surface area contributed by atoms with Crippen molar-refractivity contribution in [2.75, 3.05) is 0 Å². The Hall–Kier alpha value is 0.350. The van der Waals surface area contributed by atoms with Gasteiger partial charge in [-0.3, -0.25) is 0 Å². The van der Waals surface area contributed by atoms with Crippen molar-refractivity contribution < 1.29 is 22.9 Å². The molecule has 0 aliphatic heterocycles. The molecule has 0 aromatic heterocycles. The van der Waals surface area contributed by atoms with E-state index in [9.17, 15) is 0 Å². The summed E-state index contributed by atoms with van der Waals surface area (Å²) in [6.45, 7) is 0. The van der Waals surface area contributed by atoms with Gasteiger partial charge in [0.1, 0.15) is 0 Å². The van der Waals surface area contributed by atoms with Crippen LogP contribution in [0.25, 0.3) is 0 Å². The maximum absolute atomic E-state index is 2.32. The molecule has 44 valence electrons. The molecule has 0 saturated heterocycles. The summed E-state index contributed by atoms with van der Waals surface area (Å²) in [7, 11) is 0. The molecule has 1 heteroatoms. The zero-order valence-electron chi connectivity index (χ0n) is 5.52. The minimum atomic E-state index is 0.0833. The molecule has 0 aromatic rings. The molecule has 8 heavy (non-hydrogen) atoms. The summed E-state index contributed by atoms with van der Waals surface area (Å²) in [6, 6.07) is 0. The van der Waals surface area contributed by atoms with E-state index in [1.165, 1.54) is 0 Å². The standard InChI is InChI=1S/C5H6.2CH3.Hf/c1-2-4-5-3-1;;;/h1-4H,5H2;2*1H3;. The van der Waals surface area contributed by atoms with Gasteiger partial charge in [-0.1, -0.05) is 24.3 Å². The molecule has 0 atom stereocenters. The topological polar surface area (TPSA) is 0 Å². The predicted octanol–water partition coefficient (Wildman–Crippen LogP) is 2.67. The van der Waals surface area contributed by atoms with Crippen molar-refractivity contribution in [3.63, 3.8) is 0 Å². The van der Waals surface area contributed by atoms with Gasteiger partial charge in [0.25, 0.3) is 0 Å². The van der Waals surface area contributed by atoms with E-state index in [2.05, 4.69) is 33.7 Å². The van der Waals surface area contributed by atoms with E-state index in [0.717, 1.165) is 6.42 Å². The number of hydrogen-bond donors (Lipinski definition) is 0. The predicted molar refractivity (Wildman–Crippen MR) is 34.6 cm³/mol. The molecule has 0 amide bonds. The molecule has 1 aliphatic rings. The summed E-state index contributed by atoms with van der Waals surface area (Å²) in [5.74, 6) is 0. The van der Waals surface area contributed by atoms with Crippen molar-refractivity contribution in [1.29, 1.82) is 0 Å². The first-order chi connectivity index (χ1) is 3.91. The molecule has 0 bridgehead atoms. The van der Waals surface area contributed by atoms with Gasteiger partial charge in [-0.25, -0.2) is 0 Å². The number of hydrogen-bond acceptors (Lipinski definition) is 0. The summed E-state index contributed by atoms with van der Waals surface area (Å²) in [5.41, 5.74) is 0. The van der Waals surface area contributed by atoms with Crippen molar-refractivity contribution >= 4 is 0 Å². The van der Waals surface area contributed by atoms with E-state index in [4.69, 9.17) is 0 Å². The molecule has 0 N–H and O–H groups in total. The van der Waals surface area contributed by atoms with Gasteiger partial charge in [-0.05, 0) is 6.42 Å². The molecule has 0 aromatic carbocycles. The Morgan fingerprint density at radius 2 is 1.50 bits per heavy atom. The second-order valence-corrected chi connectivity index (χ2v) is 5.18. The van der Waals surface area contributed by atoms with E-state index in [0.29, 0.717) is 0 Å². The van der Waals surface area contributed by atoms with Crippen LogP contribution in [-0.2, 0) is 22.9 Å². The summed E-state index contributed by atoms with van der Waals surface area (Å²) in [5, 5.41) is 0. The van der Waals surface area contributed by atoms with Gasteiger partial charge in [-0.15, -0.1) is 0 Å². The third-order valence-corrected chi connectivity index (χ3v) is 0.655. The van der Waals surface area contributed by atoms with Gasteiger partial charge in [-0.2, -0.15) is 0 Å². The Morgan fingerprint density at radius 3 is 1.62 bits per heavy atom. The Morgan fingerprint density at radius 1 is 1.12 bits per heavy atom. The quantitative estimate of drug-likeness (QED) is 0.596. The van der Waals surface area contributed by atoms with E-state index < -0.39 is 0 Å². The number of rotatable bonds is 0. The third-order valence-electron chi connectivity index (χ3n) is 0.655. The van der Waals surface area contributed by atoms with Crippen molar-refractivity contribution in [3.8, 4) is 0 Å². The fourth-order valence-electron chi connectivity index (χ4n) is 0.393. The van der Waals surface area contributed by atoms with Crippen LogP contribution in [0.4, 0.5) is 0 Å². The van der Waals surface area contributed by atoms with Gasteiger partial charge < -0.3 is 0 Å². The molecule has 1 aliphatic carbocycles. The Kier molecular flexibility index (Phi) is 7.67. The van der Waals surface area contributed by atoms with Crippen LogP contribution in [-0.4, -0.2) is 0 Å². The van der Waals surface area contributed by atoms with Crippen LogP contribution in [0, 0.1) is 0 Å². The number of allylic oxidation sites excluding steroid dienone is 4. The molecule has 0 heterocycles. The zero-order chi connectivity index (χ0) is 6.24. The van der Waals surface area contributed by atoms with Crippen molar-refractivity contribution in [2.24, 2.45) is 0 Å². The molecule has 0 unspecified atom stereocenters. The fraction of sp³-hybridized carbons (Fsp3) is 0.429. The van der Waals surface area contributed by atoms with Crippen LogP contribution >= 0.6 is 0 Å². The Labute approximate surface area is 63.0 Å². The average Bonchev–Trinajstić information content (AvgIpc) is 2.17. The molecule has 0 spiro atoms. The van der Waals surface area contributed by atoms with Gasteiger partial charge in [0.05, 0.1) is 0 Å². The van der Waals surface area contributed by atoms with E-state index in [-0.39, 0.29) is 22.9 Å². The Balaban J connectivity index is 0.000000145. The first-order valence-electron chi connectivity index (χ1n) is 2.82. The molecular formula is C7H12Hf. The van der Waals surface area contributed by atoms with Crippen LogP contribution in [0.5, 0.6) is 0 Å². The van der Waals surface area contributed by atoms with Gasteiger partial charge in [0.15, 0.2) is 0 Å². The summed E-state index contributed by atoms with van der Waals surface area (Å²) in [6.07, 6.45) is 9.50. The van der Waals surface area contributed by atoms with Crippen molar-refractivity contribution in [1.82, 2.24) is 0 Å². The van der Waals surface area contributed by atoms with E-state index in [1.807, 2.05) is 0 Å². The fourth-order valence-corrected chi connectivity index (χ4v) is 0.393. The van der Waals surface area contributed by atoms with Crippen molar-refractivity contribution in [2.45, 2.75) is 15.8 Å². The monoisotopic (exact) mass is 276 g/mol. The third kappa shape index (κ3) is 6.35. The van der Waals surface area contributed by atoms with E-state index in [1.54, 1.807) is 0 Å². The van der Waals surface area contributed by atoms with Crippen LogP contribution < -0.4 is 0 Å². The molecular weight excluding hydrogens is 263 g/mol. The van der Waals surface area contributed by atoms with Crippen molar-refractivity contribution in [3.05, 3.63) is 24.3 Å². The molecule has 0 fully saturated rings. The van der Waals surface area contributed by atoms with Gasteiger partial charge in [0.2, 0.25) is 0 Å². The second-order valence-electron chi connectivity index (χ2n) is 1.59.